The van der Waals surface area contributed by atoms with E-state index in [0.717, 1.165) is 32.5 Å². The summed E-state index contributed by atoms with van der Waals surface area (Å²) in [5.74, 6) is 0.170. The minimum Gasteiger partial charge on any atom is -0.467 e. The summed E-state index contributed by atoms with van der Waals surface area (Å²) in [6.07, 6.45) is 3.35. The first kappa shape index (κ1) is 21.2. The number of anilines is 1. The van der Waals surface area contributed by atoms with Crippen molar-refractivity contribution in [3.8, 4) is 0 Å². The van der Waals surface area contributed by atoms with Gasteiger partial charge in [0, 0.05) is 24.2 Å². The number of likely N-dealkylation sites (tertiary alicyclic amines) is 1. The van der Waals surface area contributed by atoms with E-state index in [4.69, 9.17) is 20.8 Å². The largest absolute Gasteiger partial charge is 0.467 e. The number of benzene rings is 1. The van der Waals surface area contributed by atoms with Crippen LogP contribution >= 0.6 is 11.6 Å². The van der Waals surface area contributed by atoms with Crippen LogP contribution in [0.15, 0.2) is 41.0 Å². The predicted molar refractivity (Wildman–Crippen MR) is 111 cm³/mol. The molecule has 2 heterocycles. The van der Waals surface area contributed by atoms with Crippen molar-refractivity contribution < 1.29 is 18.7 Å². The number of ether oxygens (including phenoxy) is 1. The van der Waals surface area contributed by atoms with E-state index in [2.05, 4.69) is 17.1 Å². The molecule has 0 atom stereocenters. The first-order valence-corrected chi connectivity index (χ1v) is 10.1. The molecule has 29 heavy (non-hydrogen) atoms. The van der Waals surface area contributed by atoms with Gasteiger partial charge in [-0.1, -0.05) is 18.5 Å². The van der Waals surface area contributed by atoms with Crippen LogP contribution in [-0.4, -0.2) is 54.6 Å². The molecular weight excluding hydrogens is 394 g/mol. The molecule has 1 aromatic carbocycles. The Morgan fingerprint density at radius 1 is 1.31 bits per heavy atom. The highest BCUT2D eigenvalue weighted by molar-refractivity contribution is 6.31. The fourth-order valence-corrected chi connectivity index (χ4v) is 3.75. The average molecular weight is 420 g/mol. The summed E-state index contributed by atoms with van der Waals surface area (Å²) in [5.41, 5.74) is 0.578. The van der Waals surface area contributed by atoms with Gasteiger partial charge >= 0.3 is 12.0 Å². The molecule has 0 unspecified atom stereocenters. The van der Waals surface area contributed by atoms with Gasteiger partial charge in [0.2, 0.25) is 0 Å². The number of rotatable bonds is 6. The van der Waals surface area contributed by atoms with E-state index in [0.29, 0.717) is 23.0 Å². The van der Waals surface area contributed by atoms with Crippen molar-refractivity contribution in [2.45, 2.75) is 32.4 Å². The summed E-state index contributed by atoms with van der Waals surface area (Å²) >= 11 is 6.09. The first-order chi connectivity index (χ1) is 14.0. The average Bonchev–Trinajstić information content (AvgIpc) is 3.25. The number of methoxy groups -OCH3 is 1. The van der Waals surface area contributed by atoms with Gasteiger partial charge in [-0.15, -0.1) is 0 Å². The van der Waals surface area contributed by atoms with Crippen LogP contribution in [0, 0.1) is 0 Å². The monoisotopic (exact) mass is 419 g/mol. The molecule has 1 aliphatic heterocycles. The van der Waals surface area contributed by atoms with Crippen LogP contribution in [0.25, 0.3) is 0 Å². The molecule has 0 radical (unpaired) electrons. The maximum absolute atomic E-state index is 13.2. The second kappa shape index (κ2) is 9.80. The van der Waals surface area contributed by atoms with Crippen LogP contribution in [-0.2, 0) is 11.3 Å². The number of urea groups is 1. The summed E-state index contributed by atoms with van der Waals surface area (Å²) in [5, 5.41) is 3.27. The highest BCUT2D eigenvalue weighted by Crippen LogP contribution is 2.25. The van der Waals surface area contributed by atoms with Crippen LogP contribution in [0.1, 0.15) is 35.9 Å². The zero-order chi connectivity index (χ0) is 20.8. The molecule has 2 amide bonds. The van der Waals surface area contributed by atoms with E-state index in [9.17, 15) is 9.59 Å². The second-order valence-corrected chi connectivity index (χ2v) is 7.42. The van der Waals surface area contributed by atoms with Gasteiger partial charge in [0.25, 0.3) is 0 Å². The van der Waals surface area contributed by atoms with Crippen molar-refractivity contribution in [3.05, 3.63) is 52.9 Å². The first-order valence-electron chi connectivity index (χ1n) is 9.72. The number of nitrogens with one attached hydrogen (secondary N) is 1. The van der Waals surface area contributed by atoms with Gasteiger partial charge in [0.05, 0.1) is 31.2 Å². The lowest BCUT2D eigenvalue weighted by Gasteiger charge is -2.38. The summed E-state index contributed by atoms with van der Waals surface area (Å²) in [6.45, 7) is 5.37. The Hall–Kier alpha value is -2.51. The fraction of sp³-hybridized carbons (Fsp3) is 0.429. The van der Waals surface area contributed by atoms with E-state index < -0.39 is 5.97 Å². The van der Waals surface area contributed by atoms with Crippen LogP contribution in [0.2, 0.25) is 5.02 Å². The SMILES string of the molecule is CCN1CCC(N(Cc2ccco2)C(=O)Nc2cc(Cl)ccc2C(=O)OC)CC1. The van der Waals surface area contributed by atoms with Gasteiger partial charge in [-0.25, -0.2) is 9.59 Å². The standard InChI is InChI=1S/C21H26ClN3O4/c1-3-24-10-8-16(9-11-24)25(14-17-5-4-12-29-17)21(27)23-19-13-15(22)6-7-18(19)20(26)28-2/h4-7,12-13,16H,3,8-11,14H2,1-2H3,(H,23,27). The lowest BCUT2D eigenvalue weighted by atomic mass is 10.0. The molecule has 8 heteroatoms. The molecule has 0 aliphatic carbocycles. The second-order valence-electron chi connectivity index (χ2n) is 6.98. The Balaban J connectivity index is 1.81. The number of carbonyl (C=O) groups excluding carboxylic acids is 2. The van der Waals surface area contributed by atoms with Gasteiger partial charge in [-0.05, 0) is 49.7 Å². The van der Waals surface area contributed by atoms with Crippen molar-refractivity contribution in [1.29, 1.82) is 0 Å². The molecule has 1 saturated heterocycles. The number of esters is 1. The summed E-state index contributed by atoms with van der Waals surface area (Å²) < 4.78 is 10.3. The van der Waals surface area contributed by atoms with Crippen molar-refractivity contribution in [3.63, 3.8) is 0 Å². The smallest absolute Gasteiger partial charge is 0.339 e. The van der Waals surface area contributed by atoms with Crippen molar-refractivity contribution >= 4 is 29.3 Å². The molecule has 1 fully saturated rings. The number of piperidine rings is 1. The van der Waals surface area contributed by atoms with Gasteiger partial charge in [-0.3, -0.25) is 0 Å². The topological polar surface area (TPSA) is 75.0 Å². The number of hydrogen-bond donors (Lipinski definition) is 1. The Labute approximate surface area is 175 Å². The van der Waals surface area contributed by atoms with Gasteiger partial charge in [0.1, 0.15) is 5.76 Å². The summed E-state index contributed by atoms with van der Waals surface area (Å²) in [6, 6.07) is 8.10. The lowest BCUT2D eigenvalue weighted by Crippen LogP contribution is -2.48. The Morgan fingerprint density at radius 3 is 2.69 bits per heavy atom. The van der Waals surface area contributed by atoms with Crippen LogP contribution in [0.5, 0.6) is 0 Å². The maximum atomic E-state index is 13.2. The maximum Gasteiger partial charge on any atom is 0.339 e. The molecule has 2 aromatic rings. The molecule has 0 bridgehead atoms. The van der Waals surface area contributed by atoms with Crippen molar-refractivity contribution in [2.24, 2.45) is 0 Å². The van der Waals surface area contributed by atoms with Crippen LogP contribution < -0.4 is 5.32 Å². The van der Waals surface area contributed by atoms with E-state index in [1.54, 1.807) is 35.4 Å². The third kappa shape index (κ3) is 5.31. The van der Waals surface area contributed by atoms with Gasteiger partial charge in [-0.2, -0.15) is 0 Å². The number of carbonyl (C=O) groups is 2. The Bertz CT molecular complexity index is 832. The Kier molecular flexibility index (Phi) is 7.17. The third-order valence-electron chi connectivity index (χ3n) is 5.24. The minimum atomic E-state index is -0.536. The normalized spacial score (nSPS) is 15.1. The molecule has 0 saturated carbocycles. The highest BCUT2D eigenvalue weighted by atomic mass is 35.5. The fourth-order valence-electron chi connectivity index (χ4n) is 3.58. The van der Waals surface area contributed by atoms with E-state index in [1.807, 2.05) is 6.07 Å². The zero-order valence-electron chi connectivity index (χ0n) is 16.7. The number of hydrogen-bond acceptors (Lipinski definition) is 5. The molecule has 156 valence electrons. The van der Waals surface area contributed by atoms with Crippen molar-refractivity contribution in [1.82, 2.24) is 9.80 Å². The van der Waals surface area contributed by atoms with E-state index >= 15 is 0 Å². The molecule has 1 aliphatic rings. The predicted octanol–water partition coefficient (Wildman–Crippen LogP) is 4.24. The minimum absolute atomic E-state index is 0.0728. The molecule has 3 rings (SSSR count). The number of furan rings is 1. The third-order valence-corrected chi connectivity index (χ3v) is 5.48. The molecule has 0 spiro atoms. The zero-order valence-corrected chi connectivity index (χ0v) is 17.4. The highest BCUT2D eigenvalue weighted by Gasteiger charge is 2.29. The number of nitrogens with zero attached hydrogens (tertiary/aromatic N) is 2. The lowest BCUT2D eigenvalue weighted by molar-refractivity contribution is 0.0602. The Morgan fingerprint density at radius 2 is 2.07 bits per heavy atom. The molecular formula is C21H26ClN3O4. The number of amides is 2. The molecule has 1 aromatic heterocycles. The molecule has 7 nitrogen and oxygen atoms in total. The van der Waals surface area contributed by atoms with Gasteiger partial charge in [0.15, 0.2) is 0 Å². The van der Waals surface area contributed by atoms with Crippen LogP contribution in [0.4, 0.5) is 10.5 Å². The van der Waals surface area contributed by atoms with Crippen molar-refractivity contribution in [2.75, 3.05) is 32.1 Å². The molecule has 1 N–H and O–H groups in total. The quantitative estimate of drug-likeness (QED) is 0.709. The van der Waals surface area contributed by atoms with Crippen LogP contribution in [0.3, 0.4) is 0 Å². The van der Waals surface area contributed by atoms with Gasteiger partial charge < -0.3 is 24.3 Å². The number of halogens is 1. The summed E-state index contributed by atoms with van der Waals surface area (Å²) in [4.78, 5) is 29.4. The van der Waals surface area contributed by atoms with E-state index in [-0.39, 0.29) is 17.6 Å². The van der Waals surface area contributed by atoms with E-state index in [1.165, 1.54) is 7.11 Å². The summed E-state index contributed by atoms with van der Waals surface area (Å²) in [7, 11) is 1.30.